The fraction of sp³-hybridized carbons (Fsp3) is 0.105. The summed E-state index contributed by atoms with van der Waals surface area (Å²) in [7, 11) is 0. The maximum atomic E-state index is 12.4. The van der Waals surface area contributed by atoms with Crippen molar-refractivity contribution in [1.82, 2.24) is 5.32 Å². The molecule has 116 valence electrons. The topological polar surface area (TPSA) is 75.4 Å². The molecule has 0 fully saturated rings. The van der Waals surface area contributed by atoms with Crippen LogP contribution in [-0.2, 0) is 0 Å². The van der Waals surface area contributed by atoms with Crippen molar-refractivity contribution in [3.8, 4) is 5.75 Å². The van der Waals surface area contributed by atoms with Crippen LogP contribution in [0.5, 0.6) is 5.75 Å². The summed E-state index contributed by atoms with van der Waals surface area (Å²) in [5, 5.41) is 15.0. The number of aromatic hydroxyl groups is 1. The molecule has 0 bridgehead atoms. The van der Waals surface area contributed by atoms with Gasteiger partial charge < -0.3 is 16.2 Å². The highest BCUT2D eigenvalue weighted by Gasteiger charge is 2.16. The van der Waals surface area contributed by atoms with Crippen molar-refractivity contribution >= 4 is 22.4 Å². The van der Waals surface area contributed by atoms with Gasteiger partial charge in [0.15, 0.2) is 0 Å². The Kier molecular flexibility index (Phi) is 3.89. The Labute approximate surface area is 134 Å². The van der Waals surface area contributed by atoms with Crippen LogP contribution < -0.4 is 11.1 Å². The van der Waals surface area contributed by atoms with E-state index in [2.05, 4.69) is 5.32 Å². The number of fused-ring (bicyclic) bond motifs is 1. The lowest BCUT2D eigenvalue weighted by molar-refractivity contribution is 0.0937. The van der Waals surface area contributed by atoms with Crippen molar-refractivity contribution in [3.63, 3.8) is 0 Å². The van der Waals surface area contributed by atoms with Crippen LogP contribution in [0.25, 0.3) is 10.8 Å². The summed E-state index contributed by atoms with van der Waals surface area (Å²) in [5.41, 5.74) is 7.33. The van der Waals surface area contributed by atoms with Crippen LogP contribution in [0.15, 0.2) is 60.7 Å². The number of phenolic OH excluding ortho intramolecular Hbond substituents is 1. The molecule has 0 heterocycles. The standard InChI is InChI=1S/C19H18N2O2/c1-12(15-8-4-6-13-5-2-3-7-16(13)15)21-19(23)17-11-14(20)9-10-18(17)22/h2-12,22H,20H2,1H3,(H,21,23). The number of phenols is 1. The normalized spacial score (nSPS) is 12.0. The summed E-state index contributed by atoms with van der Waals surface area (Å²) < 4.78 is 0. The van der Waals surface area contributed by atoms with Gasteiger partial charge in [0.2, 0.25) is 0 Å². The molecule has 3 aromatic carbocycles. The minimum absolute atomic E-state index is 0.0816. The molecule has 0 saturated carbocycles. The van der Waals surface area contributed by atoms with Crippen molar-refractivity contribution in [2.45, 2.75) is 13.0 Å². The number of hydrogen-bond donors (Lipinski definition) is 3. The zero-order valence-corrected chi connectivity index (χ0v) is 12.8. The molecule has 1 atom stereocenters. The van der Waals surface area contributed by atoms with E-state index < -0.39 is 0 Å². The Morgan fingerprint density at radius 2 is 1.83 bits per heavy atom. The molecule has 1 unspecified atom stereocenters. The monoisotopic (exact) mass is 306 g/mol. The van der Waals surface area contributed by atoms with Crippen molar-refractivity contribution in [2.24, 2.45) is 0 Å². The van der Waals surface area contributed by atoms with E-state index in [0.717, 1.165) is 16.3 Å². The third kappa shape index (κ3) is 2.97. The Morgan fingerprint density at radius 1 is 1.09 bits per heavy atom. The molecule has 0 aliphatic rings. The second kappa shape index (κ2) is 6.01. The molecule has 0 aliphatic heterocycles. The van der Waals surface area contributed by atoms with Gasteiger partial charge in [-0.25, -0.2) is 0 Å². The summed E-state index contributed by atoms with van der Waals surface area (Å²) >= 11 is 0. The van der Waals surface area contributed by atoms with Gasteiger partial charge in [0.05, 0.1) is 11.6 Å². The molecule has 0 aromatic heterocycles. The summed E-state index contributed by atoms with van der Waals surface area (Å²) in [4.78, 5) is 12.4. The first-order valence-electron chi connectivity index (χ1n) is 7.43. The SMILES string of the molecule is CC(NC(=O)c1cc(N)ccc1O)c1cccc2ccccc12. The van der Waals surface area contributed by atoms with Crippen molar-refractivity contribution in [2.75, 3.05) is 5.73 Å². The van der Waals surface area contributed by atoms with Gasteiger partial charge in [0.1, 0.15) is 5.75 Å². The first-order valence-corrected chi connectivity index (χ1v) is 7.43. The van der Waals surface area contributed by atoms with Gasteiger partial charge in [-0.1, -0.05) is 42.5 Å². The Balaban J connectivity index is 1.90. The predicted octanol–water partition coefficient (Wildman–Crippen LogP) is 3.62. The number of nitrogens with two attached hydrogens (primary N) is 1. The van der Waals surface area contributed by atoms with E-state index >= 15 is 0 Å². The predicted molar refractivity (Wildman–Crippen MR) is 92.3 cm³/mol. The van der Waals surface area contributed by atoms with Gasteiger partial charge in [-0.15, -0.1) is 0 Å². The van der Waals surface area contributed by atoms with Gasteiger partial charge in [-0.3, -0.25) is 4.79 Å². The molecule has 23 heavy (non-hydrogen) atoms. The van der Waals surface area contributed by atoms with Crippen LogP contribution in [0.1, 0.15) is 28.9 Å². The van der Waals surface area contributed by atoms with E-state index in [1.807, 2.05) is 49.4 Å². The van der Waals surface area contributed by atoms with Crippen LogP contribution in [0.2, 0.25) is 0 Å². The highest BCUT2D eigenvalue weighted by Crippen LogP contribution is 2.25. The molecule has 1 amide bonds. The van der Waals surface area contributed by atoms with Crippen LogP contribution in [0.4, 0.5) is 5.69 Å². The number of benzene rings is 3. The molecular weight excluding hydrogens is 288 g/mol. The van der Waals surface area contributed by atoms with Gasteiger partial charge in [-0.05, 0) is 41.5 Å². The first kappa shape index (κ1) is 14.9. The van der Waals surface area contributed by atoms with E-state index in [0.29, 0.717) is 5.69 Å². The number of hydrogen-bond acceptors (Lipinski definition) is 3. The molecule has 4 heteroatoms. The van der Waals surface area contributed by atoms with Crippen LogP contribution in [0, 0.1) is 0 Å². The van der Waals surface area contributed by atoms with Crippen LogP contribution in [0.3, 0.4) is 0 Å². The quantitative estimate of drug-likeness (QED) is 0.511. The smallest absolute Gasteiger partial charge is 0.255 e. The summed E-state index contributed by atoms with van der Waals surface area (Å²) in [6, 6.07) is 18.3. The minimum atomic E-state index is -0.352. The molecule has 0 radical (unpaired) electrons. The van der Waals surface area contributed by atoms with Gasteiger partial charge >= 0.3 is 0 Å². The fourth-order valence-electron chi connectivity index (χ4n) is 2.72. The minimum Gasteiger partial charge on any atom is -0.507 e. The van der Waals surface area contributed by atoms with E-state index in [1.54, 1.807) is 6.07 Å². The number of carbonyl (C=O) groups is 1. The number of amides is 1. The number of rotatable bonds is 3. The van der Waals surface area contributed by atoms with Gasteiger partial charge in [0, 0.05) is 5.69 Å². The Morgan fingerprint density at radius 3 is 2.65 bits per heavy atom. The molecule has 3 aromatic rings. The average molecular weight is 306 g/mol. The maximum Gasteiger partial charge on any atom is 0.255 e. The van der Waals surface area contributed by atoms with Crippen molar-refractivity contribution < 1.29 is 9.90 Å². The zero-order chi connectivity index (χ0) is 16.4. The lowest BCUT2D eigenvalue weighted by Gasteiger charge is -2.17. The molecule has 4 nitrogen and oxygen atoms in total. The van der Waals surface area contributed by atoms with Gasteiger partial charge in [-0.2, -0.15) is 0 Å². The second-order valence-electron chi connectivity index (χ2n) is 5.54. The van der Waals surface area contributed by atoms with Crippen molar-refractivity contribution in [3.05, 3.63) is 71.8 Å². The molecule has 0 aliphatic carbocycles. The summed E-state index contributed by atoms with van der Waals surface area (Å²) in [5.74, 6) is -0.433. The maximum absolute atomic E-state index is 12.4. The first-order chi connectivity index (χ1) is 11.1. The van der Waals surface area contributed by atoms with Crippen LogP contribution >= 0.6 is 0 Å². The number of carbonyl (C=O) groups excluding carboxylic acids is 1. The number of nitrogens with one attached hydrogen (secondary N) is 1. The number of nitrogen functional groups attached to an aromatic ring is 1. The lowest BCUT2D eigenvalue weighted by atomic mass is 9.99. The van der Waals surface area contributed by atoms with E-state index in [9.17, 15) is 9.90 Å². The second-order valence-corrected chi connectivity index (χ2v) is 5.54. The number of anilines is 1. The molecule has 4 N–H and O–H groups in total. The fourth-order valence-corrected chi connectivity index (χ4v) is 2.72. The lowest BCUT2D eigenvalue weighted by Crippen LogP contribution is -2.27. The summed E-state index contributed by atoms with van der Waals surface area (Å²) in [6.45, 7) is 1.92. The summed E-state index contributed by atoms with van der Waals surface area (Å²) in [6.07, 6.45) is 0. The molecule has 0 spiro atoms. The van der Waals surface area contributed by atoms with Crippen molar-refractivity contribution in [1.29, 1.82) is 0 Å². The van der Waals surface area contributed by atoms with E-state index in [1.165, 1.54) is 12.1 Å². The largest absolute Gasteiger partial charge is 0.507 e. The third-order valence-corrected chi connectivity index (χ3v) is 3.90. The Bertz CT molecular complexity index is 869. The highest BCUT2D eigenvalue weighted by molar-refractivity contribution is 5.98. The molecular formula is C19H18N2O2. The van der Waals surface area contributed by atoms with E-state index in [-0.39, 0.29) is 23.3 Å². The average Bonchev–Trinajstić information content (AvgIpc) is 2.56. The third-order valence-electron chi connectivity index (χ3n) is 3.90. The van der Waals surface area contributed by atoms with E-state index in [4.69, 9.17) is 5.73 Å². The van der Waals surface area contributed by atoms with Crippen LogP contribution in [-0.4, -0.2) is 11.0 Å². The van der Waals surface area contributed by atoms with Gasteiger partial charge in [0.25, 0.3) is 5.91 Å². The molecule has 0 saturated heterocycles. The zero-order valence-electron chi connectivity index (χ0n) is 12.8. The Hall–Kier alpha value is -3.01. The molecule has 3 rings (SSSR count). The highest BCUT2D eigenvalue weighted by atomic mass is 16.3.